The molecule has 0 saturated carbocycles. The zero-order valence-corrected chi connectivity index (χ0v) is 15.5. The average Bonchev–Trinajstić information content (AvgIpc) is 3.31. The number of thioether (sulfide) groups is 1. The van der Waals surface area contributed by atoms with Crippen LogP contribution in [0.15, 0.2) is 53.3 Å². The van der Waals surface area contributed by atoms with E-state index >= 15 is 0 Å². The minimum atomic E-state index is -0.0412. The highest BCUT2D eigenvalue weighted by Crippen LogP contribution is 2.26. The van der Waals surface area contributed by atoms with Crippen LogP contribution >= 0.6 is 23.1 Å². The van der Waals surface area contributed by atoms with Crippen molar-refractivity contribution >= 4 is 29.0 Å². The summed E-state index contributed by atoms with van der Waals surface area (Å²) in [5.41, 5.74) is 0.838. The third kappa shape index (κ3) is 4.21. The molecule has 0 aliphatic carbocycles. The summed E-state index contributed by atoms with van der Waals surface area (Å²) in [7, 11) is 1.62. The van der Waals surface area contributed by atoms with Gasteiger partial charge in [0, 0.05) is 4.88 Å². The van der Waals surface area contributed by atoms with E-state index in [1.807, 2.05) is 53.3 Å². The summed E-state index contributed by atoms with van der Waals surface area (Å²) >= 11 is 2.97. The van der Waals surface area contributed by atoms with Crippen LogP contribution < -0.4 is 10.1 Å². The van der Waals surface area contributed by atoms with Crippen LogP contribution in [0.5, 0.6) is 5.75 Å². The van der Waals surface area contributed by atoms with Crippen molar-refractivity contribution in [2.24, 2.45) is 0 Å². The van der Waals surface area contributed by atoms with Gasteiger partial charge in [0.15, 0.2) is 5.16 Å². The van der Waals surface area contributed by atoms with Gasteiger partial charge in [-0.2, -0.15) is 0 Å². The van der Waals surface area contributed by atoms with Crippen molar-refractivity contribution in [1.29, 1.82) is 0 Å². The maximum atomic E-state index is 12.2. The molecule has 3 rings (SSSR count). The van der Waals surface area contributed by atoms with Crippen LogP contribution in [0, 0.1) is 0 Å². The van der Waals surface area contributed by atoms with Gasteiger partial charge in [-0.1, -0.05) is 30.0 Å². The van der Waals surface area contributed by atoms with Crippen molar-refractivity contribution in [3.8, 4) is 11.4 Å². The Morgan fingerprint density at radius 1 is 1.36 bits per heavy atom. The molecule has 0 bridgehead atoms. The lowest BCUT2D eigenvalue weighted by Gasteiger charge is -2.13. The van der Waals surface area contributed by atoms with Gasteiger partial charge in [-0.15, -0.1) is 21.5 Å². The number of carbonyl (C=O) groups excluding carboxylic acids is 1. The van der Waals surface area contributed by atoms with Gasteiger partial charge in [0.25, 0.3) is 0 Å². The number of amides is 1. The summed E-state index contributed by atoms with van der Waals surface area (Å²) in [5.74, 6) is 0.948. The van der Waals surface area contributed by atoms with Crippen LogP contribution in [-0.2, 0) is 4.79 Å². The molecule has 1 amide bonds. The van der Waals surface area contributed by atoms with Crippen molar-refractivity contribution in [2.75, 3.05) is 12.9 Å². The minimum absolute atomic E-state index is 0.000173. The molecule has 130 valence electrons. The second-order valence-electron chi connectivity index (χ2n) is 5.25. The third-order valence-corrected chi connectivity index (χ3v) is 5.54. The molecule has 1 atom stereocenters. The molecule has 0 fully saturated rings. The fourth-order valence-electron chi connectivity index (χ4n) is 2.34. The Bertz CT molecular complexity index is 833. The zero-order chi connectivity index (χ0) is 17.6. The van der Waals surface area contributed by atoms with Gasteiger partial charge in [-0.05, 0) is 30.5 Å². The first kappa shape index (κ1) is 17.5. The summed E-state index contributed by atoms with van der Waals surface area (Å²) in [6.07, 6.45) is 1.62. The van der Waals surface area contributed by atoms with E-state index in [0.29, 0.717) is 5.16 Å². The molecule has 2 aromatic heterocycles. The smallest absolute Gasteiger partial charge is 0.230 e. The zero-order valence-electron chi connectivity index (χ0n) is 13.9. The summed E-state index contributed by atoms with van der Waals surface area (Å²) in [4.78, 5) is 13.3. The Morgan fingerprint density at radius 2 is 2.20 bits per heavy atom. The molecular weight excluding hydrogens is 356 g/mol. The Hall–Kier alpha value is -2.32. The minimum Gasteiger partial charge on any atom is -0.495 e. The number of benzene rings is 1. The Labute approximate surface area is 154 Å². The molecule has 8 heteroatoms. The molecule has 0 radical (unpaired) electrons. The highest BCUT2D eigenvalue weighted by molar-refractivity contribution is 7.99. The molecular formula is C17H18N4O2S2. The number of hydrogen-bond donors (Lipinski definition) is 1. The molecule has 0 saturated heterocycles. The van der Waals surface area contributed by atoms with E-state index < -0.39 is 0 Å². The standard InChI is InChI=1S/C17H18N4O2S2/c1-12(15-8-5-9-24-15)19-16(22)10-25-17-20-18-11-21(17)13-6-3-4-7-14(13)23-2/h3-9,11-12H,10H2,1-2H3,(H,19,22)/t12-/m1/s1. The first-order valence-electron chi connectivity index (χ1n) is 7.68. The van der Waals surface area contributed by atoms with Gasteiger partial charge in [0.2, 0.25) is 5.91 Å². The maximum absolute atomic E-state index is 12.2. The van der Waals surface area contributed by atoms with Crippen LogP contribution in [0.3, 0.4) is 0 Å². The molecule has 2 heterocycles. The first-order chi connectivity index (χ1) is 12.2. The lowest BCUT2D eigenvalue weighted by Crippen LogP contribution is -2.27. The average molecular weight is 374 g/mol. The molecule has 3 aromatic rings. The molecule has 0 aliphatic heterocycles. The van der Waals surface area contributed by atoms with Gasteiger partial charge in [-0.3, -0.25) is 9.36 Å². The quantitative estimate of drug-likeness (QED) is 0.643. The monoisotopic (exact) mass is 374 g/mol. The van der Waals surface area contributed by atoms with Crippen LogP contribution in [0.1, 0.15) is 17.8 Å². The topological polar surface area (TPSA) is 69.0 Å². The Kier molecular flexibility index (Phi) is 5.72. The van der Waals surface area contributed by atoms with E-state index in [1.165, 1.54) is 11.8 Å². The van der Waals surface area contributed by atoms with E-state index in [2.05, 4.69) is 15.5 Å². The number of para-hydroxylation sites is 2. The highest BCUT2D eigenvalue weighted by Gasteiger charge is 2.15. The second-order valence-corrected chi connectivity index (χ2v) is 7.17. The van der Waals surface area contributed by atoms with Crippen molar-refractivity contribution in [3.63, 3.8) is 0 Å². The van der Waals surface area contributed by atoms with Gasteiger partial charge in [0.1, 0.15) is 12.1 Å². The number of nitrogens with zero attached hydrogens (tertiary/aromatic N) is 3. The SMILES string of the molecule is COc1ccccc1-n1cnnc1SCC(=O)N[C@H](C)c1cccs1. The van der Waals surface area contributed by atoms with E-state index in [4.69, 9.17) is 4.74 Å². The number of ether oxygens (including phenoxy) is 1. The number of hydrogen-bond acceptors (Lipinski definition) is 6. The number of methoxy groups -OCH3 is 1. The normalized spacial score (nSPS) is 11.9. The highest BCUT2D eigenvalue weighted by atomic mass is 32.2. The summed E-state index contributed by atoms with van der Waals surface area (Å²) in [5, 5.41) is 13.7. The fourth-order valence-corrected chi connectivity index (χ4v) is 3.81. The Balaban J connectivity index is 1.65. The number of nitrogens with one attached hydrogen (secondary N) is 1. The molecule has 0 spiro atoms. The predicted molar refractivity (Wildman–Crippen MR) is 99.5 cm³/mol. The molecule has 1 N–H and O–H groups in total. The maximum Gasteiger partial charge on any atom is 0.230 e. The number of rotatable bonds is 7. The molecule has 0 aliphatic rings. The number of carbonyl (C=O) groups is 1. The second kappa shape index (κ2) is 8.17. The van der Waals surface area contributed by atoms with Crippen LogP contribution in [0.4, 0.5) is 0 Å². The predicted octanol–water partition coefficient (Wildman–Crippen LogP) is 3.31. The molecule has 6 nitrogen and oxygen atoms in total. The van der Waals surface area contributed by atoms with Gasteiger partial charge < -0.3 is 10.1 Å². The number of aromatic nitrogens is 3. The van der Waals surface area contributed by atoms with Crippen LogP contribution in [0.2, 0.25) is 0 Å². The summed E-state index contributed by atoms with van der Waals surface area (Å²) < 4.78 is 7.20. The van der Waals surface area contributed by atoms with Crippen molar-refractivity contribution in [1.82, 2.24) is 20.1 Å². The lowest BCUT2D eigenvalue weighted by molar-refractivity contribution is -0.119. The van der Waals surface area contributed by atoms with Crippen LogP contribution in [-0.4, -0.2) is 33.5 Å². The van der Waals surface area contributed by atoms with Gasteiger partial charge in [0.05, 0.1) is 24.6 Å². The molecule has 1 aromatic carbocycles. The van der Waals surface area contributed by atoms with E-state index in [-0.39, 0.29) is 17.7 Å². The summed E-state index contributed by atoms with van der Waals surface area (Å²) in [6, 6.07) is 11.6. The van der Waals surface area contributed by atoms with Crippen molar-refractivity contribution < 1.29 is 9.53 Å². The fraction of sp³-hybridized carbons (Fsp3) is 0.235. The van der Waals surface area contributed by atoms with E-state index in [1.54, 1.807) is 24.8 Å². The third-order valence-electron chi connectivity index (χ3n) is 3.54. The lowest BCUT2D eigenvalue weighted by atomic mass is 10.3. The van der Waals surface area contributed by atoms with Gasteiger partial charge in [-0.25, -0.2) is 0 Å². The van der Waals surface area contributed by atoms with Crippen molar-refractivity contribution in [3.05, 3.63) is 53.0 Å². The summed E-state index contributed by atoms with van der Waals surface area (Å²) in [6.45, 7) is 1.98. The Morgan fingerprint density at radius 3 is 2.96 bits per heavy atom. The first-order valence-corrected chi connectivity index (χ1v) is 9.54. The van der Waals surface area contributed by atoms with Crippen molar-refractivity contribution in [2.45, 2.75) is 18.1 Å². The van der Waals surface area contributed by atoms with E-state index in [9.17, 15) is 4.79 Å². The largest absolute Gasteiger partial charge is 0.495 e. The van der Waals surface area contributed by atoms with Gasteiger partial charge >= 0.3 is 0 Å². The molecule has 25 heavy (non-hydrogen) atoms. The van der Waals surface area contributed by atoms with Crippen LogP contribution in [0.25, 0.3) is 5.69 Å². The van der Waals surface area contributed by atoms with E-state index in [0.717, 1.165) is 16.3 Å². The molecule has 0 unspecified atom stereocenters. The number of thiophene rings is 1.